The van der Waals surface area contributed by atoms with E-state index in [4.69, 9.17) is 14.2 Å². The van der Waals surface area contributed by atoms with Gasteiger partial charge in [0, 0.05) is 37.5 Å². The van der Waals surface area contributed by atoms with E-state index in [1.165, 1.54) is 0 Å². The largest absolute Gasteiger partial charge is 0.458 e. The minimum absolute atomic E-state index is 0.124. The van der Waals surface area contributed by atoms with Crippen LogP contribution in [-0.4, -0.2) is 59.4 Å². The molecule has 1 saturated heterocycles. The molecule has 4 aromatic rings. The highest BCUT2D eigenvalue weighted by Gasteiger charge is 2.31. The lowest BCUT2D eigenvalue weighted by atomic mass is 10.1. The van der Waals surface area contributed by atoms with Crippen LogP contribution in [0.5, 0.6) is 6.01 Å². The number of ether oxygens (including phenoxy) is 3. The number of hydrogen-bond acceptors (Lipinski definition) is 9. The molecule has 0 aliphatic carbocycles. The van der Waals surface area contributed by atoms with E-state index in [9.17, 15) is 0 Å². The average molecular weight is 454 g/mol. The second kappa shape index (κ2) is 8.45. The summed E-state index contributed by atoms with van der Waals surface area (Å²) in [6.45, 7) is 7.13. The van der Waals surface area contributed by atoms with Gasteiger partial charge in [-0.3, -0.25) is 9.67 Å². The van der Waals surface area contributed by atoms with Crippen LogP contribution >= 0.6 is 0 Å². The number of anilines is 2. The van der Waals surface area contributed by atoms with Crippen LogP contribution in [0.3, 0.4) is 0 Å². The van der Waals surface area contributed by atoms with Crippen LogP contribution in [0.4, 0.5) is 11.6 Å². The van der Waals surface area contributed by atoms with Gasteiger partial charge in [0.2, 0.25) is 0 Å². The van der Waals surface area contributed by atoms with Crippen molar-refractivity contribution in [1.82, 2.24) is 39.6 Å². The molecule has 33 heavy (non-hydrogen) atoms. The lowest BCUT2D eigenvalue weighted by molar-refractivity contribution is 0.0874. The molecule has 174 valence electrons. The third-order valence-corrected chi connectivity index (χ3v) is 5.40. The zero-order valence-electron chi connectivity index (χ0n) is 19.0. The van der Waals surface area contributed by atoms with E-state index in [1.54, 1.807) is 30.3 Å². The number of methoxy groups -OCH3 is 1. The third-order valence-electron chi connectivity index (χ3n) is 5.40. The highest BCUT2D eigenvalue weighted by molar-refractivity contribution is 5.72. The van der Waals surface area contributed by atoms with Crippen molar-refractivity contribution in [3.8, 4) is 6.01 Å². The number of H-pyrrole nitrogens is 1. The van der Waals surface area contributed by atoms with E-state index in [-0.39, 0.29) is 17.7 Å². The van der Waals surface area contributed by atoms with Crippen LogP contribution in [0.2, 0.25) is 0 Å². The van der Waals surface area contributed by atoms with E-state index in [2.05, 4.69) is 56.6 Å². The molecule has 0 aromatic carbocycles. The highest BCUT2D eigenvalue weighted by atomic mass is 16.6. The van der Waals surface area contributed by atoms with Gasteiger partial charge in [-0.25, -0.2) is 9.50 Å². The lowest BCUT2D eigenvalue weighted by Gasteiger charge is -2.22. The topological polar surface area (TPSA) is 129 Å². The number of nitrogens with zero attached hydrogens (tertiary/aromatic N) is 7. The molecular weight excluding hydrogens is 426 g/mol. The minimum Gasteiger partial charge on any atom is -0.458 e. The molecule has 2 atom stereocenters. The fraction of sp³-hybridized carbons (Fsp3) is 0.476. The minimum atomic E-state index is -0.168. The Morgan fingerprint density at radius 1 is 1.30 bits per heavy atom. The summed E-state index contributed by atoms with van der Waals surface area (Å²) in [6, 6.07) is 4.35. The summed E-state index contributed by atoms with van der Waals surface area (Å²) in [5.74, 6) is 1.29. The monoisotopic (exact) mass is 453 g/mol. The molecule has 0 saturated carbocycles. The van der Waals surface area contributed by atoms with Crippen molar-refractivity contribution < 1.29 is 14.2 Å². The van der Waals surface area contributed by atoms with Gasteiger partial charge in [-0.15, -0.1) is 5.10 Å². The predicted octanol–water partition coefficient (Wildman–Crippen LogP) is 2.60. The fourth-order valence-corrected chi connectivity index (χ4v) is 3.79. The van der Waals surface area contributed by atoms with Crippen LogP contribution in [-0.2, 0) is 21.6 Å². The summed E-state index contributed by atoms with van der Waals surface area (Å²) in [6.07, 6.45) is 5.56. The van der Waals surface area contributed by atoms with Gasteiger partial charge >= 0.3 is 6.01 Å². The molecule has 1 fully saturated rings. The van der Waals surface area contributed by atoms with Gasteiger partial charge in [-0.2, -0.15) is 10.2 Å². The first-order valence-corrected chi connectivity index (χ1v) is 10.7. The summed E-state index contributed by atoms with van der Waals surface area (Å²) in [4.78, 5) is 4.43. The predicted molar refractivity (Wildman–Crippen MR) is 118 cm³/mol. The Hall–Kier alpha value is -3.51. The molecule has 5 heterocycles. The Morgan fingerprint density at radius 2 is 2.18 bits per heavy atom. The summed E-state index contributed by atoms with van der Waals surface area (Å²) in [5, 5.41) is 23.3. The van der Waals surface area contributed by atoms with Gasteiger partial charge in [0.1, 0.15) is 24.1 Å². The van der Waals surface area contributed by atoms with E-state index in [1.807, 2.05) is 16.7 Å². The van der Waals surface area contributed by atoms with Gasteiger partial charge in [-0.05, 0) is 26.8 Å². The maximum atomic E-state index is 6.08. The van der Waals surface area contributed by atoms with Gasteiger partial charge < -0.3 is 19.5 Å². The Labute approximate surface area is 190 Å². The van der Waals surface area contributed by atoms with Crippen LogP contribution in [0.1, 0.15) is 44.7 Å². The number of rotatable bonds is 7. The van der Waals surface area contributed by atoms with Gasteiger partial charge in [0.05, 0.1) is 24.6 Å². The molecular formula is C21H27N9O3. The van der Waals surface area contributed by atoms with Crippen LogP contribution < -0.4 is 10.1 Å². The van der Waals surface area contributed by atoms with E-state index in [0.29, 0.717) is 37.3 Å². The highest BCUT2D eigenvalue weighted by Crippen LogP contribution is 2.32. The molecule has 0 bridgehead atoms. The molecule has 0 amide bonds. The molecule has 5 rings (SSSR count). The van der Waals surface area contributed by atoms with Crippen molar-refractivity contribution in [2.24, 2.45) is 0 Å². The molecule has 0 radical (unpaired) electrons. The van der Waals surface area contributed by atoms with Gasteiger partial charge in [0.25, 0.3) is 0 Å². The van der Waals surface area contributed by atoms with E-state index in [0.717, 1.165) is 16.9 Å². The molecule has 12 nitrogen and oxygen atoms in total. The number of aromatic amines is 1. The van der Waals surface area contributed by atoms with Crippen molar-refractivity contribution in [2.75, 3.05) is 19.0 Å². The first-order chi connectivity index (χ1) is 15.9. The van der Waals surface area contributed by atoms with E-state index >= 15 is 0 Å². The normalized spacial score (nSPS) is 18.8. The van der Waals surface area contributed by atoms with Crippen molar-refractivity contribution in [2.45, 2.75) is 51.5 Å². The Bertz CT molecular complexity index is 1240. The van der Waals surface area contributed by atoms with Crippen molar-refractivity contribution >= 4 is 17.2 Å². The maximum Gasteiger partial charge on any atom is 0.317 e. The maximum absolute atomic E-state index is 6.08. The van der Waals surface area contributed by atoms with Crippen LogP contribution in [0.15, 0.2) is 30.9 Å². The first-order valence-electron chi connectivity index (χ1n) is 10.7. The summed E-state index contributed by atoms with van der Waals surface area (Å²) >= 11 is 0. The van der Waals surface area contributed by atoms with Crippen molar-refractivity contribution in [1.29, 1.82) is 0 Å². The van der Waals surface area contributed by atoms with Gasteiger partial charge in [-0.1, -0.05) is 5.10 Å². The number of fused-ring (bicyclic) bond motifs is 1. The number of aromatic nitrogens is 8. The SMILES string of the molecule is COCc1cc2c(Nc3cc([C@@H]4C[C@H](Oc5nncn5C(C)(C)C)CO4)[nH]n3)nccn2n1. The van der Waals surface area contributed by atoms with Crippen molar-refractivity contribution in [3.05, 3.63) is 42.2 Å². The average Bonchev–Trinajstić information content (AvgIpc) is 3.54. The molecule has 2 N–H and O–H groups in total. The fourth-order valence-electron chi connectivity index (χ4n) is 3.79. The molecule has 0 spiro atoms. The standard InChI is InChI=1S/C21H27N9O3/c1-21(2,3)29-12-23-27-20(29)33-14-8-17(32-11-14)15-9-18(26-25-15)24-19-16-7-13(10-31-4)28-30(16)6-5-22-19/h5-7,9,12,14,17H,8,10-11H2,1-4H3,(H2,22,24,25,26)/t14-,17-/m0/s1. The molecule has 4 aromatic heterocycles. The van der Waals surface area contributed by atoms with E-state index < -0.39 is 0 Å². The molecule has 1 aliphatic rings. The summed E-state index contributed by atoms with van der Waals surface area (Å²) < 4.78 is 20.9. The number of hydrogen-bond donors (Lipinski definition) is 2. The zero-order chi connectivity index (χ0) is 23.0. The Balaban J connectivity index is 1.26. The molecule has 0 unspecified atom stereocenters. The first kappa shape index (κ1) is 21.3. The van der Waals surface area contributed by atoms with Gasteiger partial charge in [0.15, 0.2) is 11.6 Å². The molecule has 12 heteroatoms. The zero-order valence-corrected chi connectivity index (χ0v) is 19.0. The van der Waals surface area contributed by atoms with Crippen molar-refractivity contribution in [3.63, 3.8) is 0 Å². The Morgan fingerprint density at radius 3 is 3.00 bits per heavy atom. The summed E-state index contributed by atoms with van der Waals surface area (Å²) in [5.41, 5.74) is 2.35. The second-order valence-electron chi connectivity index (χ2n) is 8.96. The Kier molecular flexibility index (Phi) is 5.46. The van der Waals surface area contributed by atoms with Crippen LogP contribution in [0.25, 0.3) is 5.52 Å². The number of nitrogens with one attached hydrogen (secondary N) is 2. The smallest absolute Gasteiger partial charge is 0.317 e. The lowest BCUT2D eigenvalue weighted by Crippen LogP contribution is -2.25. The summed E-state index contributed by atoms with van der Waals surface area (Å²) in [7, 11) is 1.64. The second-order valence-corrected chi connectivity index (χ2v) is 8.96. The van der Waals surface area contributed by atoms with Crippen LogP contribution in [0, 0.1) is 0 Å². The molecule has 1 aliphatic heterocycles. The quantitative estimate of drug-likeness (QED) is 0.434. The third kappa shape index (κ3) is 4.39.